The first-order valence-electron chi connectivity index (χ1n) is 4.15. The van der Waals surface area contributed by atoms with E-state index >= 15 is 0 Å². The normalized spacial score (nSPS) is 15.1. The first-order valence-corrected chi connectivity index (χ1v) is 4.15. The number of alkyl halides is 14. The van der Waals surface area contributed by atoms with Gasteiger partial charge in [0.2, 0.25) is 0 Å². The van der Waals surface area contributed by atoms with Crippen LogP contribution in [0.5, 0.6) is 0 Å². The Morgan fingerprint density at radius 1 is 0.381 bits per heavy atom. The van der Waals surface area contributed by atoms with Crippen molar-refractivity contribution in [3.63, 3.8) is 0 Å². The highest BCUT2D eigenvalue weighted by Gasteiger charge is 2.72. The lowest BCUT2D eigenvalue weighted by Gasteiger charge is -2.28. The lowest BCUT2D eigenvalue weighted by Crippen LogP contribution is -2.47. The maximum Gasteiger partial charge on any atom is 0.458 e. The summed E-state index contributed by atoms with van der Waals surface area (Å²) in [7, 11) is 0. The lowest BCUT2D eigenvalue weighted by atomic mass is 9.99. The van der Waals surface area contributed by atoms with Crippen LogP contribution >= 0.6 is 0 Å². The minimum atomic E-state index is -7.41. The third kappa shape index (κ3) is 4.12. The Bertz CT molecular complexity index is 393. The Morgan fingerprint density at radius 3 is 0.762 bits per heavy atom. The Kier molecular flexibility index (Phi) is 4.61. The van der Waals surface area contributed by atoms with Crippen LogP contribution in [0.1, 0.15) is 0 Å². The van der Waals surface area contributed by atoms with Crippen molar-refractivity contribution in [2.45, 2.75) is 30.6 Å². The molecule has 0 aliphatic carbocycles. The van der Waals surface area contributed by atoms with Crippen LogP contribution in [0.3, 0.4) is 0 Å². The van der Waals surface area contributed by atoms with E-state index in [1.54, 1.807) is 0 Å². The van der Waals surface area contributed by atoms with Gasteiger partial charge in [0, 0.05) is 0 Å². The molecule has 0 amide bonds. The van der Waals surface area contributed by atoms with Crippen LogP contribution in [0.15, 0.2) is 11.1 Å². The quantitative estimate of drug-likeness (QED) is 0.452. The van der Waals surface area contributed by atoms with Gasteiger partial charge in [-0.25, -0.2) is 0 Å². The molecule has 0 unspecified atom stereocenters. The minimum absolute atomic E-state index is 4.97. The predicted octanol–water partition coefficient (Wildman–Crippen LogP) is 5.17. The van der Waals surface area contributed by atoms with Crippen molar-refractivity contribution in [2.75, 3.05) is 0 Å². The standard InChI is InChI=1S/C7F14/c8-3(9,7(19,20)21)1(4(10,11)12)2(5(13,14)15)6(16,17)18. The molecule has 0 rings (SSSR count). The Balaban J connectivity index is 6.87. The van der Waals surface area contributed by atoms with E-state index in [0.717, 1.165) is 0 Å². The van der Waals surface area contributed by atoms with E-state index in [9.17, 15) is 61.5 Å². The van der Waals surface area contributed by atoms with Gasteiger partial charge in [0.05, 0.1) is 0 Å². The van der Waals surface area contributed by atoms with Gasteiger partial charge in [-0.2, -0.15) is 61.5 Å². The van der Waals surface area contributed by atoms with E-state index in [1.165, 1.54) is 0 Å². The average molecular weight is 350 g/mol. The van der Waals surface area contributed by atoms with E-state index in [0.29, 0.717) is 0 Å². The van der Waals surface area contributed by atoms with Gasteiger partial charge in [-0.15, -0.1) is 0 Å². The molecule has 126 valence electrons. The highest BCUT2D eigenvalue weighted by Crippen LogP contribution is 2.54. The van der Waals surface area contributed by atoms with E-state index in [2.05, 4.69) is 0 Å². The SMILES string of the molecule is FC(F)(F)C(=C(C(F)(F)F)C(F)(F)C(F)(F)F)C(F)(F)F. The summed E-state index contributed by atoms with van der Waals surface area (Å²) in [6.45, 7) is 0. The van der Waals surface area contributed by atoms with Crippen molar-refractivity contribution in [1.82, 2.24) is 0 Å². The van der Waals surface area contributed by atoms with Crippen LogP contribution < -0.4 is 0 Å². The van der Waals surface area contributed by atoms with Crippen LogP contribution in [-0.4, -0.2) is 30.6 Å². The van der Waals surface area contributed by atoms with E-state index in [-0.39, 0.29) is 0 Å². The molecule has 0 saturated carbocycles. The maximum atomic E-state index is 12.5. The molecule has 0 aliphatic heterocycles. The molecule has 0 radical (unpaired) electrons. The first kappa shape index (κ1) is 19.8. The summed E-state index contributed by atoms with van der Waals surface area (Å²) in [5.74, 6) is -7.41. The zero-order chi connectivity index (χ0) is 17.7. The van der Waals surface area contributed by atoms with Gasteiger partial charge in [-0.1, -0.05) is 0 Å². The van der Waals surface area contributed by atoms with Crippen molar-refractivity contribution in [3.8, 4) is 0 Å². The second kappa shape index (κ2) is 4.90. The molecule has 0 spiro atoms. The van der Waals surface area contributed by atoms with Crippen molar-refractivity contribution in [1.29, 1.82) is 0 Å². The lowest BCUT2D eigenvalue weighted by molar-refractivity contribution is -0.286. The maximum absolute atomic E-state index is 12.5. The molecule has 21 heavy (non-hydrogen) atoms. The fourth-order valence-corrected chi connectivity index (χ4v) is 1.06. The number of rotatable bonds is 1. The molecule has 0 aromatic heterocycles. The number of halogens is 14. The van der Waals surface area contributed by atoms with Crippen LogP contribution in [0.25, 0.3) is 0 Å². The van der Waals surface area contributed by atoms with E-state index in [4.69, 9.17) is 0 Å². The van der Waals surface area contributed by atoms with Gasteiger partial charge in [-0.3, -0.25) is 0 Å². The molecule has 0 saturated heterocycles. The zero-order valence-electron chi connectivity index (χ0n) is 8.79. The van der Waals surface area contributed by atoms with Crippen LogP contribution in [-0.2, 0) is 0 Å². The summed E-state index contributed by atoms with van der Waals surface area (Å²) in [6.07, 6.45) is -28.8. The molecule has 0 heterocycles. The highest BCUT2D eigenvalue weighted by atomic mass is 19.4. The first-order chi connectivity index (χ1) is 8.74. The summed E-state index contributed by atoms with van der Waals surface area (Å²) < 4.78 is 168. The third-order valence-corrected chi connectivity index (χ3v) is 1.77. The highest BCUT2D eigenvalue weighted by molar-refractivity contribution is 5.34. The summed E-state index contributed by atoms with van der Waals surface area (Å²) in [4.78, 5) is 0. The molecular formula is C7F14. The second-order valence-electron chi connectivity index (χ2n) is 3.32. The molecule has 0 aromatic carbocycles. The van der Waals surface area contributed by atoms with Gasteiger partial charge in [-0.05, 0) is 0 Å². The number of hydrogen-bond donors (Lipinski definition) is 0. The fourth-order valence-electron chi connectivity index (χ4n) is 1.06. The van der Waals surface area contributed by atoms with E-state index in [1.807, 2.05) is 0 Å². The van der Waals surface area contributed by atoms with Crippen molar-refractivity contribution in [2.24, 2.45) is 0 Å². The molecule has 0 N–H and O–H groups in total. The molecule has 0 atom stereocenters. The molecule has 0 fully saturated rings. The number of allylic oxidation sites excluding steroid dienone is 2. The monoisotopic (exact) mass is 350 g/mol. The molecular weight excluding hydrogens is 350 g/mol. The molecule has 0 aromatic rings. The topological polar surface area (TPSA) is 0 Å². The van der Waals surface area contributed by atoms with Crippen LogP contribution in [0.2, 0.25) is 0 Å². The van der Waals surface area contributed by atoms with Gasteiger partial charge < -0.3 is 0 Å². The number of hydrogen-bond acceptors (Lipinski definition) is 0. The van der Waals surface area contributed by atoms with Gasteiger partial charge in [0.25, 0.3) is 0 Å². The van der Waals surface area contributed by atoms with Gasteiger partial charge in [0.15, 0.2) is 5.57 Å². The van der Waals surface area contributed by atoms with Gasteiger partial charge >= 0.3 is 30.6 Å². The predicted molar refractivity (Wildman–Crippen MR) is 36.2 cm³/mol. The van der Waals surface area contributed by atoms with Crippen molar-refractivity contribution in [3.05, 3.63) is 11.1 Å². The Hall–Kier alpha value is -1.24. The molecule has 14 heteroatoms. The molecule has 0 nitrogen and oxygen atoms in total. The van der Waals surface area contributed by atoms with Crippen LogP contribution in [0.4, 0.5) is 61.5 Å². The summed E-state index contributed by atoms with van der Waals surface area (Å²) in [6, 6.07) is 0. The fraction of sp³-hybridized carbons (Fsp3) is 0.714. The molecule has 0 aliphatic rings. The summed E-state index contributed by atoms with van der Waals surface area (Å²) in [5.41, 5.74) is -10.0. The van der Waals surface area contributed by atoms with Crippen molar-refractivity contribution < 1.29 is 61.5 Å². The second-order valence-corrected chi connectivity index (χ2v) is 3.32. The summed E-state index contributed by atoms with van der Waals surface area (Å²) >= 11 is 0. The minimum Gasteiger partial charge on any atom is -0.191 e. The Labute approximate surface area is 105 Å². The average Bonchev–Trinajstić information content (AvgIpc) is 2.05. The van der Waals surface area contributed by atoms with E-state index < -0.39 is 41.8 Å². The zero-order valence-corrected chi connectivity index (χ0v) is 8.79. The Morgan fingerprint density at radius 2 is 0.619 bits per heavy atom. The third-order valence-electron chi connectivity index (χ3n) is 1.77. The smallest absolute Gasteiger partial charge is 0.191 e. The van der Waals surface area contributed by atoms with Crippen molar-refractivity contribution >= 4 is 0 Å². The molecule has 0 bridgehead atoms. The summed E-state index contributed by atoms with van der Waals surface area (Å²) in [5, 5.41) is 0. The van der Waals surface area contributed by atoms with Gasteiger partial charge in [0.1, 0.15) is 5.57 Å². The van der Waals surface area contributed by atoms with Crippen LogP contribution in [0, 0.1) is 0 Å². The largest absolute Gasteiger partial charge is 0.458 e.